The minimum Gasteiger partial charge on any atom is -0.507 e. The van der Waals surface area contributed by atoms with Crippen LogP contribution in [0.25, 0.3) is 22.3 Å². The molecule has 246 valence electrons. The van der Waals surface area contributed by atoms with Crippen LogP contribution in [-0.4, -0.2) is 130 Å². The maximum Gasteiger partial charge on any atom is 0.239 e. The van der Waals surface area contributed by atoms with E-state index in [1.807, 2.05) is 0 Å². The van der Waals surface area contributed by atoms with Gasteiger partial charge in [-0.15, -0.1) is 0 Å². The van der Waals surface area contributed by atoms with E-state index in [1.54, 1.807) is 0 Å². The van der Waals surface area contributed by atoms with E-state index in [9.17, 15) is 61.0 Å². The van der Waals surface area contributed by atoms with Gasteiger partial charge in [0.1, 0.15) is 70.8 Å². The second-order valence-electron chi connectivity index (χ2n) is 10.9. The van der Waals surface area contributed by atoms with Gasteiger partial charge in [0.25, 0.3) is 0 Å². The van der Waals surface area contributed by atoms with Crippen molar-refractivity contribution in [3.63, 3.8) is 0 Å². The molecule has 2 aromatic carbocycles. The minimum atomic E-state index is -1.94. The van der Waals surface area contributed by atoms with Crippen molar-refractivity contribution in [1.82, 2.24) is 0 Å². The van der Waals surface area contributed by atoms with Gasteiger partial charge < -0.3 is 79.5 Å². The van der Waals surface area contributed by atoms with Crippen molar-refractivity contribution in [2.75, 3.05) is 13.2 Å². The van der Waals surface area contributed by atoms with Crippen LogP contribution in [0.5, 0.6) is 28.7 Å². The van der Waals surface area contributed by atoms with Crippen LogP contribution in [0.4, 0.5) is 0 Å². The Bertz CT molecular complexity index is 1610. The van der Waals surface area contributed by atoms with Gasteiger partial charge in [-0.3, -0.25) is 4.79 Å². The number of hydrogen-bond acceptors (Lipinski definition) is 17. The molecule has 0 unspecified atom stereocenters. The molecule has 17 heteroatoms. The monoisotopic (exact) mass is 640 g/mol. The van der Waals surface area contributed by atoms with Crippen LogP contribution in [0.15, 0.2) is 39.5 Å². The molecule has 2 aliphatic rings. The second kappa shape index (κ2) is 12.2. The molecule has 2 saturated heterocycles. The molecule has 0 saturated carbocycles. The summed E-state index contributed by atoms with van der Waals surface area (Å²) in [6.45, 7) is -0.307. The number of aromatic hydroxyl groups is 3. The molecule has 17 nitrogen and oxygen atoms in total. The van der Waals surface area contributed by atoms with Crippen molar-refractivity contribution in [1.29, 1.82) is 0 Å². The summed E-state index contributed by atoms with van der Waals surface area (Å²) < 4.78 is 27.9. The molecule has 1 aromatic heterocycles. The highest BCUT2D eigenvalue weighted by atomic mass is 16.7. The van der Waals surface area contributed by atoms with E-state index < -0.39 is 114 Å². The molecule has 0 aliphatic carbocycles. The van der Waals surface area contributed by atoms with Crippen LogP contribution in [0.1, 0.15) is 6.92 Å². The summed E-state index contributed by atoms with van der Waals surface area (Å²) in [5.74, 6) is -3.37. The normalized spacial score (nSPS) is 33.7. The fraction of sp³-hybridized carbons (Fsp3) is 0.464. The summed E-state index contributed by atoms with van der Waals surface area (Å²) in [5.41, 5.74) is -3.26. The first-order valence-corrected chi connectivity index (χ1v) is 13.5. The summed E-state index contributed by atoms with van der Waals surface area (Å²) in [6, 6.07) is 5.28. The Morgan fingerprint density at radius 3 is 2.13 bits per heavy atom. The lowest BCUT2D eigenvalue weighted by Crippen LogP contribution is -2.65. The van der Waals surface area contributed by atoms with Gasteiger partial charge in [0.05, 0.1) is 13.2 Å². The van der Waals surface area contributed by atoms with E-state index in [2.05, 4.69) is 0 Å². The van der Waals surface area contributed by atoms with Crippen LogP contribution in [0.3, 0.4) is 0 Å². The van der Waals surface area contributed by atoms with E-state index in [1.165, 1.54) is 13.0 Å². The van der Waals surface area contributed by atoms with Crippen molar-refractivity contribution in [3.8, 4) is 40.1 Å². The van der Waals surface area contributed by atoms with Crippen LogP contribution < -0.4 is 14.9 Å². The first kappa shape index (κ1) is 32.6. The van der Waals surface area contributed by atoms with E-state index >= 15 is 0 Å². The van der Waals surface area contributed by atoms with Crippen molar-refractivity contribution in [2.45, 2.75) is 67.8 Å². The van der Waals surface area contributed by atoms with Gasteiger partial charge in [-0.2, -0.15) is 0 Å². The van der Waals surface area contributed by atoms with Crippen molar-refractivity contribution >= 4 is 11.0 Å². The second-order valence-corrected chi connectivity index (χ2v) is 10.9. The highest BCUT2D eigenvalue weighted by Gasteiger charge is 2.52. The van der Waals surface area contributed by atoms with Gasteiger partial charge >= 0.3 is 0 Å². The molecule has 10 atom stereocenters. The predicted molar refractivity (Wildman–Crippen MR) is 146 cm³/mol. The van der Waals surface area contributed by atoms with Gasteiger partial charge in [-0.05, 0) is 25.1 Å². The Morgan fingerprint density at radius 2 is 1.49 bits per heavy atom. The molecule has 0 radical (unpaired) electrons. The molecular weight excluding hydrogens is 608 g/mol. The number of fused-ring (bicyclic) bond motifs is 1. The number of hydrogen-bond donors (Lipinski definition) is 11. The summed E-state index contributed by atoms with van der Waals surface area (Å²) in [6.07, 6.45) is -15.8. The maximum atomic E-state index is 13.8. The summed E-state index contributed by atoms with van der Waals surface area (Å²) in [7, 11) is 0. The fourth-order valence-corrected chi connectivity index (χ4v) is 5.04. The Labute approximate surface area is 252 Å². The molecule has 11 N–H and O–H groups in total. The number of aliphatic hydroxyl groups is 8. The molecule has 3 aromatic rings. The maximum absolute atomic E-state index is 13.8. The third-order valence-electron chi connectivity index (χ3n) is 7.76. The van der Waals surface area contributed by atoms with E-state index in [0.29, 0.717) is 0 Å². The van der Waals surface area contributed by atoms with Crippen molar-refractivity contribution in [2.24, 2.45) is 0 Å². The average Bonchev–Trinajstić information content (AvgIpc) is 3.01. The standard InChI is InChI=1S/C28H32O17/c1-28(8-30)25(40)20(37)22(39)27(45-28)41-10-5-13(33)16-14(6-10)42-23(9-2-3-11(31)12(32)4-9)24(18(16)35)44-26-21(38)19(36)17(34)15(7-29)43-26/h2-6,15,17,19-22,25-27,29-34,36-40H,7-8H2,1H3/t15-,17+,19+,20-,21-,22-,25+,26-,27-,28-/m1/s1. The summed E-state index contributed by atoms with van der Waals surface area (Å²) in [5, 5.41) is 111. The molecule has 3 heterocycles. The molecule has 5 rings (SSSR count). The molecule has 2 fully saturated rings. The van der Waals surface area contributed by atoms with Gasteiger partial charge in [0.2, 0.25) is 23.8 Å². The summed E-state index contributed by atoms with van der Waals surface area (Å²) >= 11 is 0. The lowest BCUT2D eigenvalue weighted by Gasteiger charge is -2.45. The number of aliphatic hydroxyl groups excluding tert-OH is 8. The molecule has 0 bridgehead atoms. The van der Waals surface area contributed by atoms with Gasteiger partial charge in [0.15, 0.2) is 17.3 Å². The molecule has 0 spiro atoms. The van der Waals surface area contributed by atoms with Gasteiger partial charge in [-0.25, -0.2) is 0 Å². The molecule has 0 amide bonds. The van der Waals surface area contributed by atoms with Crippen LogP contribution in [0.2, 0.25) is 0 Å². The Balaban J connectivity index is 1.61. The topological polar surface area (TPSA) is 290 Å². The van der Waals surface area contributed by atoms with E-state index in [4.69, 9.17) is 23.4 Å². The zero-order chi connectivity index (χ0) is 33.0. The quantitative estimate of drug-likeness (QED) is 0.117. The summed E-state index contributed by atoms with van der Waals surface area (Å²) in [4.78, 5) is 13.8. The van der Waals surface area contributed by atoms with Gasteiger partial charge in [-0.1, -0.05) is 0 Å². The zero-order valence-electron chi connectivity index (χ0n) is 23.4. The fourth-order valence-electron chi connectivity index (χ4n) is 5.04. The predicted octanol–water partition coefficient (Wildman–Crippen LogP) is -2.68. The number of phenols is 3. The van der Waals surface area contributed by atoms with Crippen molar-refractivity contribution < 1.29 is 79.5 Å². The van der Waals surface area contributed by atoms with Crippen molar-refractivity contribution in [3.05, 3.63) is 40.6 Å². The highest BCUT2D eigenvalue weighted by Crippen LogP contribution is 2.40. The highest BCUT2D eigenvalue weighted by molar-refractivity contribution is 5.88. The van der Waals surface area contributed by atoms with Crippen LogP contribution in [-0.2, 0) is 9.47 Å². The smallest absolute Gasteiger partial charge is 0.239 e. The number of ether oxygens (including phenoxy) is 4. The SMILES string of the molecule is C[C@]1(CO)O[C@@H](Oc2cc(O)c3c(=O)c(O[C@H]4O[C@H](CO)[C@H](O)[C@H](O)[C@H]4O)c(-c4ccc(O)c(O)c4)oc3c2)[C@H](O)[C@@H](O)[C@@H]1O. The minimum absolute atomic E-state index is 0.0726. The Morgan fingerprint density at radius 1 is 0.800 bits per heavy atom. The molecule has 45 heavy (non-hydrogen) atoms. The third kappa shape index (κ3) is 5.74. The van der Waals surface area contributed by atoms with E-state index in [0.717, 1.165) is 24.3 Å². The first-order chi connectivity index (χ1) is 21.2. The largest absolute Gasteiger partial charge is 0.507 e. The lowest BCUT2D eigenvalue weighted by molar-refractivity contribution is -0.313. The van der Waals surface area contributed by atoms with Crippen LogP contribution in [0, 0.1) is 0 Å². The van der Waals surface area contributed by atoms with E-state index in [-0.39, 0.29) is 16.9 Å². The Kier molecular flexibility index (Phi) is 8.86. The lowest BCUT2D eigenvalue weighted by atomic mass is 9.89. The van der Waals surface area contributed by atoms with Crippen LogP contribution >= 0.6 is 0 Å². The van der Waals surface area contributed by atoms with Gasteiger partial charge in [0, 0.05) is 17.7 Å². The molecular formula is C28H32O17. The average molecular weight is 641 g/mol. The third-order valence-corrected chi connectivity index (χ3v) is 7.76. The molecule has 2 aliphatic heterocycles. The Hall–Kier alpha value is -3.75. The zero-order valence-corrected chi connectivity index (χ0v) is 23.4. The number of benzene rings is 2. The number of rotatable bonds is 7. The number of phenolic OH excluding ortho intramolecular Hbond substituents is 3. The first-order valence-electron chi connectivity index (χ1n) is 13.5.